The van der Waals surface area contributed by atoms with E-state index in [1.54, 1.807) is 0 Å². The van der Waals surface area contributed by atoms with Crippen LogP contribution in [0.1, 0.15) is 58.1 Å². The molecule has 0 aliphatic heterocycles. The van der Waals surface area contributed by atoms with E-state index in [2.05, 4.69) is 56.2 Å². The van der Waals surface area contributed by atoms with E-state index in [1.807, 2.05) is 0 Å². The van der Waals surface area contributed by atoms with Gasteiger partial charge in [0, 0.05) is 30.3 Å². The molecule has 0 bridgehead atoms. The highest BCUT2D eigenvalue weighted by molar-refractivity contribution is 6.31. The molecule has 1 N–H and O–H groups in total. The minimum atomic E-state index is 0.307. The van der Waals surface area contributed by atoms with Crippen LogP contribution in [0.3, 0.4) is 0 Å². The average molecular weight is 297 g/mol. The molecule has 0 fully saturated rings. The van der Waals surface area contributed by atoms with E-state index < -0.39 is 0 Å². The van der Waals surface area contributed by atoms with Crippen LogP contribution in [0.2, 0.25) is 5.02 Å². The van der Waals surface area contributed by atoms with Crippen molar-refractivity contribution >= 4 is 17.3 Å². The summed E-state index contributed by atoms with van der Waals surface area (Å²) in [7, 11) is 2.14. The zero-order chi connectivity index (χ0) is 15.0. The third-order valence-corrected chi connectivity index (χ3v) is 4.02. The van der Waals surface area contributed by atoms with E-state index in [0.29, 0.717) is 6.04 Å². The largest absolute Gasteiger partial charge is 0.375 e. The zero-order valence-electron chi connectivity index (χ0n) is 13.4. The number of hydrogen-bond acceptors (Lipinski definition) is 2. The second kappa shape index (κ2) is 9.25. The van der Waals surface area contributed by atoms with Crippen molar-refractivity contribution in [1.29, 1.82) is 0 Å². The maximum atomic E-state index is 6.44. The molecule has 0 aromatic heterocycles. The van der Waals surface area contributed by atoms with E-state index in [4.69, 9.17) is 11.6 Å². The van der Waals surface area contributed by atoms with Gasteiger partial charge in [-0.1, -0.05) is 44.4 Å². The minimum absolute atomic E-state index is 0.307. The van der Waals surface area contributed by atoms with E-state index in [1.165, 1.54) is 30.5 Å². The van der Waals surface area contributed by atoms with Gasteiger partial charge in [0.25, 0.3) is 0 Å². The van der Waals surface area contributed by atoms with Gasteiger partial charge in [0.15, 0.2) is 0 Å². The lowest BCUT2D eigenvalue weighted by molar-refractivity contribution is 0.571. The van der Waals surface area contributed by atoms with Gasteiger partial charge >= 0.3 is 0 Å². The summed E-state index contributed by atoms with van der Waals surface area (Å²) in [4.78, 5) is 2.29. The summed E-state index contributed by atoms with van der Waals surface area (Å²) in [5.41, 5.74) is 2.39. The molecule has 1 atom stereocenters. The van der Waals surface area contributed by atoms with Gasteiger partial charge in [0.05, 0.1) is 0 Å². The zero-order valence-corrected chi connectivity index (χ0v) is 14.1. The molecule has 1 unspecified atom stereocenters. The molecular formula is C17H29ClN2. The first-order chi connectivity index (χ1) is 9.60. The average Bonchev–Trinajstić information content (AvgIpc) is 2.44. The molecule has 1 aromatic rings. The Morgan fingerprint density at radius 3 is 2.55 bits per heavy atom. The predicted molar refractivity (Wildman–Crippen MR) is 91.0 cm³/mol. The number of nitrogens with one attached hydrogen (secondary N) is 1. The first kappa shape index (κ1) is 17.3. The van der Waals surface area contributed by atoms with Gasteiger partial charge in [-0.2, -0.15) is 0 Å². The topological polar surface area (TPSA) is 15.3 Å². The Morgan fingerprint density at radius 1 is 1.20 bits per heavy atom. The van der Waals surface area contributed by atoms with Gasteiger partial charge < -0.3 is 10.2 Å². The molecule has 20 heavy (non-hydrogen) atoms. The van der Waals surface area contributed by atoms with Crippen molar-refractivity contribution in [3.63, 3.8) is 0 Å². The molecule has 0 heterocycles. The Morgan fingerprint density at radius 2 is 1.95 bits per heavy atom. The lowest BCUT2D eigenvalue weighted by Crippen LogP contribution is -2.21. The van der Waals surface area contributed by atoms with Gasteiger partial charge in [0.1, 0.15) is 0 Å². The van der Waals surface area contributed by atoms with Crippen LogP contribution >= 0.6 is 11.6 Å². The van der Waals surface area contributed by atoms with Gasteiger partial charge in [-0.05, 0) is 44.0 Å². The molecule has 0 saturated carbocycles. The quantitative estimate of drug-likeness (QED) is 0.643. The summed E-state index contributed by atoms with van der Waals surface area (Å²) in [6.45, 7) is 8.69. The van der Waals surface area contributed by atoms with Crippen molar-refractivity contribution in [2.45, 2.75) is 52.5 Å². The molecular weight excluding hydrogens is 268 g/mol. The van der Waals surface area contributed by atoms with Crippen LogP contribution in [0, 0.1) is 0 Å². The van der Waals surface area contributed by atoms with Crippen LogP contribution in [0.15, 0.2) is 18.2 Å². The highest BCUT2D eigenvalue weighted by Gasteiger charge is 2.10. The van der Waals surface area contributed by atoms with E-state index in [0.717, 1.165) is 24.5 Å². The van der Waals surface area contributed by atoms with E-state index in [9.17, 15) is 0 Å². The third-order valence-electron chi connectivity index (χ3n) is 3.69. The van der Waals surface area contributed by atoms with Crippen molar-refractivity contribution < 1.29 is 0 Å². The second-order valence-corrected chi connectivity index (χ2v) is 5.92. The Hall–Kier alpha value is -0.730. The fourth-order valence-electron chi connectivity index (χ4n) is 2.30. The van der Waals surface area contributed by atoms with Crippen molar-refractivity contribution in [2.24, 2.45) is 0 Å². The highest BCUT2D eigenvalue weighted by atomic mass is 35.5. The normalized spacial score (nSPS) is 12.4. The molecule has 1 aromatic carbocycles. The maximum absolute atomic E-state index is 6.44. The van der Waals surface area contributed by atoms with Gasteiger partial charge in [-0.15, -0.1) is 0 Å². The number of benzene rings is 1. The smallest absolute Gasteiger partial charge is 0.0474 e. The molecule has 0 saturated heterocycles. The van der Waals surface area contributed by atoms with Gasteiger partial charge in [0.2, 0.25) is 0 Å². The fraction of sp³-hybridized carbons (Fsp3) is 0.647. The Bertz CT molecular complexity index is 393. The first-order valence-corrected chi connectivity index (χ1v) is 8.21. The molecule has 3 heteroatoms. The Balaban J connectivity index is 2.66. The number of nitrogens with zero attached hydrogens (tertiary/aromatic N) is 1. The lowest BCUT2D eigenvalue weighted by atomic mass is 10.1. The SMILES string of the molecule is CCCCCN(C)c1ccc(C(C)NCCC)c(Cl)c1. The molecule has 114 valence electrons. The van der Waals surface area contributed by atoms with Crippen molar-refractivity contribution in [1.82, 2.24) is 5.32 Å². The second-order valence-electron chi connectivity index (χ2n) is 5.51. The Labute approximate surface area is 129 Å². The number of unbranched alkanes of at least 4 members (excludes halogenated alkanes) is 2. The van der Waals surface area contributed by atoms with Crippen LogP contribution < -0.4 is 10.2 Å². The van der Waals surface area contributed by atoms with E-state index >= 15 is 0 Å². The summed E-state index contributed by atoms with van der Waals surface area (Å²) in [6, 6.07) is 6.73. The first-order valence-electron chi connectivity index (χ1n) is 7.84. The molecule has 0 spiro atoms. The van der Waals surface area contributed by atoms with Crippen LogP contribution in [-0.4, -0.2) is 20.1 Å². The standard InChI is InChI=1S/C17H29ClN2/c1-5-7-8-12-20(4)15-9-10-16(17(18)13-15)14(3)19-11-6-2/h9-10,13-14,19H,5-8,11-12H2,1-4H3. The maximum Gasteiger partial charge on any atom is 0.0474 e. The van der Waals surface area contributed by atoms with Crippen LogP contribution in [0.25, 0.3) is 0 Å². The van der Waals surface area contributed by atoms with Crippen LogP contribution in [-0.2, 0) is 0 Å². The highest BCUT2D eigenvalue weighted by Crippen LogP contribution is 2.27. The summed E-state index contributed by atoms with van der Waals surface area (Å²) in [5, 5.41) is 4.34. The lowest BCUT2D eigenvalue weighted by Gasteiger charge is -2.22. The third kappa shape index (κ3) is 5.34. The molecule has 2 nitrogen and oxygen atoms in total. The van der Waals surface area contributed by atoms with Crippen molar-refractivity contribution in [3.05, 3.63) is 28.8 Å². The number of rotatable bonds is 9. The van der Waals surface area contributed by atoms with Gasteiger partial charge in [-0.25, -0.2) is 0 Å². The molecule has 0 radical (unpaired) electrons. The molecule has 0 aliphatic rings. The van der Waals surface area contributed by atoms with Gasteiger partial charge in [-0.3, -0.25) is 0 Å². The monoisotopic (exact) mass is 296 g/mol. The fourth-order valence-corrected chi connectivity index (χ4v) is 2.64. The van der Waals surface area contributed by atoms with Crippen LogP contribution in [0.5, 0.6) is 0 Å². The summed E-state index contributed by atoms with van der Waals surface area (Å²) in [5.74, 6) is 0. The number of halogens is 1. The molecule has 0 amide bonds. The number of hydrogen-bond donors (Lipinski definition) is 1. The number of anilines is 1. The Kier molecular flexibility index (Phi) is 8.01. The summed E-state index contributed by atoms with van der Waals surface area (Å²) < 4.78 is 0. The van der Waals surface area contributed by atoms with Crippen molar-refractivity contribution in [3.8, 4) is 0 Å². The summed E-state index contributed by atoms with van der Waals surface area (Å²) in [6.07, 6.45) is 4.92. The van der Waals surface area contributed by atoms with Crippen LogP contribution in [0.4, 0.5) is 5.69 Å². The van der Waals surface area contributed by atoms with Crippen molar-refractivity contribution in [2.75, 3.05) is 25.0 Å². The minimum Gasteiger partial charge on any atom is -0.375 e. The summed E-state index contributed by atoms with van der Waals surface area (Å²) >= 11 is 6.44. The molecule has 1 rings (SSSR count). The predicted octanol–water partition coefficient (Wildman–Crippen LogP) is 5.03. The molecule has 0 aliphatic carbocycles. The van der Waals surface area contributed by atoms with E-state index in [-0.39, 0.29) is 0 Å².